The average molecular weight is 287 g/mol. The van der Waals surface area contributed by atoms with Crippen LogP contribution in [0.25, 0.3) is 11.4 Å². The highest BCUT2D eigenvalue weighted by Crippen LogP contribution is 2.23. The van der Waals surface area contributed by atoms with Crippen molar-refractivity contribution in [1.82, 2.24) is 9.97 Å². The van der Waals surface area contributed by atoms with E-state index in [1.54, 1.807) is 0 Å². The number of benzene rings is 1. The molecule has 3 nitrogen and oxygen atoms in total. The normalized spacial score (nSPS) is 11.0. The molecule has 1 aromatic heterocycles. The van der Waals surface area contributed by atoms with E-state index in [0.717, 1.165) is 35.6 Å². The van der Waals surface area contributed by atoms with Gasteiger partial charge in [-0.2, -0.15) is 0 Å². The molecule has 0 saturated carbocycles. The van der Waals surface area contributed by atoms with E-state index < -0.39 is 0 Å². The number of nitrogens with zero attached hydrogens (tertiary/aromatic N) is 2. The highest BCUT2D eigenvalue weighted by Gasteiger charge is 2.10. The van der Waals surface area contributed by atoms with Crippen LogP contribution in [0.4, 0.5) is 10.2 Å². The Balaban J connectivity index is 2.48. The van der Waals surface area contributed by atoms with Gasteiger partial charge in [0.05, 0.1) is 0 Å². The molecule has 0 unspecified atom stereocenters. The number of hydrogen-bond acceptors (Lipinski definition) is 3. The third-order valence-corrected chi connectivity index (χ3v) is 3.19. The van der Waals surface area contributed by atoms with Crippen LogP contribution in [0.15, 0.2) is 24.3 Å². The molecule has 0 aliphatic rings. The smallest absolute Gasteiger partial charge is 0.161 e. The van der Waals surface area contributed by atoms with Gasteiger partial charge in [-0.1, -0.05) is 20.8 Å². The second kappa shape index (κ2) is 6.66. The van der Waals surface area contributed by atoms with E-state index in [1.807, 2.05) is 19.1 Å². The van der Waals surface area contributed by atoms with Crippen molar-refractivity contribution in [3.63, 3.8) is 0 Å². The van der Waals surface area contributed by atoms with Gasteiger partial charge in [0, 0.05) is 23.9 Å². The molecule has 2 rings (SSSR count). The number of halogens is 1. The quantitative estimate of drug-likeness (QED) is 0.877. The molecule has 1 aromatic carbocycles. The fourth-order valence-corrected chi connectivity index (χ4v) is 2.10. The van der Waals surface area contributed by atoms with E-state index in [9.17, 15) is 4.39 Å². The summed E-state index contributed by atoms with van der Waals surface area (Å²) in [7, 11) is 0. The van der Waals surface area contributed by atoms with Crippen molar-refractivity contribution in [3.8, 4) is 11.4 Å². The molecule has 0 spiro atoms. The summed E-state index contributed by atoms with van der Waals surface area (Å²) in [6.45, 7) is 9.01. The highest BCUT2D eigenvalue weighted by molar-refractivity contribution is 5.59. The van der Waals surface area contributed by atoms with Crippen LogP contribution in [0.1, 0.15) is 44.4 Å². The first kappa shape index (κ1) is 15.4. The van der Waals surface area contributed by atoms with Gasteiger partial charge in [-0.25, -0.2) is 14.4 Å². The van der Waals surface area contributed by atoms with Crippen molar-refractivity contribution in [3.05, 3.63) is 41.3 Å². The molecular formula is C17H22FN3. The van der Waals surface area contributed by atoms with Crippen LogP contribution in [0, 0.1) is 12.7 Å². The monoisotopic (exact) mass is 287 g/mol. The van der Waals surface area contributed by atoms with Gasteiger partial charge in [-0.3, -0.25) is 0 Å². The van der Waals surface area contributed by atoms with Gasteiger partial charge in [0.25, 0.3) is 0 Å². The lowest BCUT2D eigenvalue weighted by Crippen LogP contribution is -2.06. The molecule has 0 aliphatic heterocycles. The fraction of sp³-hybridized carbons (Fsp3) is 0.412. The van der Waals surface area contributed by atoms with Crippen molar-refractivity contribution in [2.75, 3.05) is 11.9 Å². The first-order valence-corrected chi connectivity index (χ1v) is 7.40. The topological polar surface area (TPSA) is 37.8 Å². The van der Waals surface area contributed by atoms with Gasteiger partial charge >= 0.3 is 0 Å². The van der Waals surface area contributed by atoms with E-state index in [2.05, 4.69) is 36.1 Å². The van der Waals surface area contributed by atoms with Crippen LogP contribution in [0.3, 0.4) is 0 Å². The van der Waals surface area contributed by atoms with Gasteiger partial charge in [-0.15, -0.1) is 0 Å². The van der Waals surface area contributed by atoms with Crippen molar-refractivity contribution in [2.24, 2.45) is 0 Å². The molecular weight excluding hydrogens is 265 g/mol. The number of hydrogen-bond donors (Lipinski definition) is 1. The van der Waals surface area contributed by atoms with Gasteiger partial charge in [0.1, 0.15) is 11.6 Å². The Morgan fingerprint density at radius 2 is 1.90 bits per heavy atom. The maximum absolute atomic E-state index is 13.6. The minimum Gasteiger partial charge on any atom is -0.370 e. The molecule has 4 heteroatoms. The predicted molar refractivity (Wildman–Crippen MR) is 85.0 cm³/mol. The van der Waals surface area contributed by atoms with Crippen LogP contribution >= 0.6 is 0 Å². The molecule has 2 aromatic rings. The molecule has 1 heterocycles. The van der Waals surface area contributed by atoms with Gasteiger partial charge in [-0.05, 0) is 43.0 Å². The van der Waals surface area contributed by atoms with E-state index in [0.29, 0.717) is 11.7 Å². The number of aryl methyl sites for hydroxylation is 1. The van der Waals surface area contributed by atoms with Crippen molar-refractivity contribution in [2.45, 2.75) is 40.0 Å². The number of rotatable bonds is 5. The van der Waals surface area contributed by atoms with Crippen LogP contribution in [0.2, 0.25) is 0 Å². The van der Waals surface area contributed by atoms with E-state index in [-0.39, 0.29) is 5.82 Å². The highest BCUT2D eigenvalue weighted by atomic mass is 19.1. The molecule has 0 radical (unpaired) electrons. The van der Waals surface area contributed by atoms with Gasteiger partial charge in [0.2, 0.25) is 0 Å². The molecule has 21 heavy (non-hydrogen) atoms. The summed E-state index contributed by atoms with van der Waals surface area (Å²) in [5.74, 6) is 1.41. The Labute approximate surface area is 125 Å². The van der Waals surface area contributed by atoms with E-state index in [1.165, 1.54) is 12.1 Å². The molecule has 112 valence electrons. The fourth-order valence-electron chi connectivity index (χ4n) is 2.10. The summed E-state index contributed by atoms with van der Waals surface area (Å²) in [6, 6.07) is 6.87. The van der Waals surface area contributed by atoms with E-state index >= 15 is 0 Å². The molecule has 0 fully saturated rings. The summed E-state index contributed by atoms with van der Waals surface area (Å²) in [5.41, 5.74) is 2.54. The third-order valence-electron chi connectivity index (χ3n) is 3.19. The van der Waals surface area contributed by atoms with Crippen LogP contribution in [-0.2, 0) is 0 Å². The second-order valence-electron chi connectivity index (χ2n) is 5.60. The minimum absolute atomic E-state index is 0.258. The van der Waals surface area contributed by atoms with Crippen LogP contribution in [0.5, 0.6) is 0 Å². The first-order chi connectivity index (χ1) is 9.99. The maximum atomic E-state index is 13.6. The van der Waals surface area contributed by atoms with Crippen LogP contribution < -0.4 is 5.32 Å². The molecule has 0 bridgehead atoms. The lowest BCUT2D eigenvalue weighted by Gasteiger charge is -2.12. The summed E-state index contributed by atoms with van der Waals surface area (Å²) in [6.07, 6.45) is 1.02. The van der Waals surface area contributed by atoms with Gasteiger partial charge in [0.15, 0.2) is 5.82 Å². The Morgan fingerprint density at radius 1 is 1.14 bits per heavy atom. The first-order valence-electron chi connectivity index (χ1n) is 7.40. The number of aromatic nitrogens is 2. The summed E-state index contributed by atoms with van der Waals surface area (Å²) in [4.78, 5) is 9.09. The standard InChI is InChI=1S/C17H22FN3/c1-5-6-19-16-10-15(11(2)3)20-17(21-16)13-7-12(4)8-14(18)9-13/h7-11H,5-6H2,1-4H3,(H,19,20,21). The zero-order valence-corrected chi connectivity index (χ0v) is 13.1. The van der Waals surface area contributed by atoms with Crippen molar-refractivity contribution < 1.29 is 4.39 Å². The van der Waals surface area contributed by atoms with Crippen molar-refractivity contribution >= 4 is 5.82 Å². The van der Waals surface area contributed by atoms with Crippen molar-refractivity contribution in [1.29, 1.82) is 0 Å². The zero-order chi connectivity index (χ0) is 15.4. The number of nitrogens with one attached hydrogen (secondary N) is 1. The Hall–Kier alpha value is -1.97. The average Bonchev–Trinajstić information content (AvgIpc) is 2.43. The SMILES string of the molecule is CCCNc1cc(C(C)C)nc(-c2cc(C)cc(F)c2)n1. The lowest BCUT2D eigenvalue weighted by atomic mass is 10.1. The Kier molecular flexibility index (Phi) is 4.89. The minimum atomic E-state index is -0.258. The largest absolute Gasteiger partial charge is 0.370 e. The third kappa shape index (κ3) is 4.00. The Bertz CT molecular complexity index is 603. The molecule has 1 N–H and O–H groups in total. The van der Waals surface area contributed by atoms with E-state index in [4.69, 9.17) is 0 Å². The summed E-state index contributed by atoms with van der Waals surface area (Å²) in [5, 5.41) is 3.28. The van der Waals surface area contributed by atoms with Crippen LogP contribution in [-0.4, -0.2) is 16.5 Å². The maximum Gasteiger partial charge on any atom is 0.161 e. The zero-order valence-electron chi connectivity index (χ0n) is 13.1. The Morgan fingerprint density at radius 3 is 2.52 bits per heavy atom. The molecule has 0 saturated heterocycles. The number of anilines is 1. The lowest BCUT2D eigenvalue weighted by molar-refractivity contribution is 0.627. The van der Waals surface area contributed by atoms with Gasteiger partial charge < -0.3 is 5.32 Å². The second-order valence-corrected chi connectivity index (χ2v) is 5.60. The molecule has 0 atom stereocenters. The summed E-state index contributed by atoms with van der Waals surface area (Å²) >= 11 is 0. The molecule has 0 aliphatic carbocycles. The predicted octanol–water partition coefficient (Wildman–Crippen LogP) is 4.54. The summed E-state index contributed by atoms with van der Waals surface area (Å²) < 4.78 is 13.6. The molecule has 0 amide bonds.